The molecule has 44 heavy (non-hydrogen) atoms. The molecule has 0 saturated carbocycles. The molecule has 0 aliphatic carbocycles. The lowest BCUT2D eigenvalue weighted by atomic mass is 9.72. The highest BCUT2D eigenvalue weighted by atomic mass is 19.4. The van der Waals surface area contributed by atoms with Crippen LogP contribution in [-0.2, 0) is 17.3 Å². The van der Waals surface area contributed by atoms with E-state index in [1.54, 1.807) is 6.07 Å². The van der Waals surface area contributed by atoms with E-state index in [-0.39, 0.29) is 17.7 Å². The summed E-state index contributed by atoms with van der Waals surface area (Å²) in [5.41, 5.74) is -1.59. The summed E-state index contributed by atoms with van der Waals surface area (Å²) in [4.78, 5) is 9.15. The Morgan fingerprint density at radius 3 is 1.66 bits per heavy atom. The van der Waals surface area contributed by atoms with Crippen LogP contribution in [0.1, 0.15) is 49.2 Å². The lowest BCUT2D eigenvalue weighted by molar-refractivity contribution is -0.288. The van der Waals surface area contributed by atoms with Crippen LogP contribution in [0.4, 0.5) is 26.3 Å². The fourth-order valence-corrected chi connectivity index (χ4v) is 5.38. The van der Waals surface area contributed by atoms with Gasteiger partial charge in [-0.15, -0.1) is 0 Å². The third kappa shape index (κ3) is 5.02. The lowest BCUT2D eigenvalue weighted by Crippen LogP contribution is -2.54. The third-order valence-electron chi connectivity index (χ3n) is 7.59. The molecule has 0 fully saturated rings. The predicted molar refractivity (Wildman–Crippen MR) is 154 cm³/mol. The fraction of sp³-hybridized carbons (Fsp3) is 0.235. The van der Waals surface area contributed by atoms with E-state index < -0.39 is 28.9 Å². The molecule has 0 N–H and O–H groups in total. The van der Waals surface area contributed by atoms with E-state index in [9.17, 15) is 26.3 Å². The summed E-state index contributed by atoms with van der Waals surface area (Å²) in [5.74, 6) is 0.907. The first-order chi connectivity index (χ1) is 20.7. The van der Waals surface area contributed by atoms with E-state index in [4.69, 9.17) is 8.83 Å². The van der Waals surface area contributed by atoms with Gasteiger partial charge in [0.1, 0.15) is 11.0 Å². The highest BCUT2D eigenvalue weighted by molar-refractivity contribution is 5.85. The third-order valence-corrected chi connectivity index (χ3v) is 7.59. The van der Waals surface area contributed by atoms with Crippen LogP contribution in [0, 0.1) is 0 Å². The molecule has 0 radical (unpaired) electrons. The van der Waals surface area contributed by atoms with E-state index >= 15 is 0 Å². The van der Waals surface area contributed by atoms with Crippen LogP contribution in [-0.4, -0.2) is 22.3 Å². The maximum Gasteiger partial charge on any atom is 0.411 e. The minimum atomic E-state index is -5.64. The molecule has 6 rings (SSSR count). The number of alkyl halides is 6. The van der Waals surface area contributed by atoms with Gasteiger partial charge in [-0.05, 0) is 52.1 Å². The molecule has 0 aliphatic rings. The molecule has 0 aliphatic heterocycles. The molecule has 10 heteroatoms. The van der Waals surface area contributed by atoms with Crippen LogP contribution >= 0.6 is 0 Å². The van der Waals surface area contributed by atoms with Crippen molar-refractivity contribution in [2.45, 2.75) is 50.4 Å². The Balaban J connectivity index is 1.29. The average Bonchev–Trinajstić information content (AvgIpc) is 3.56. The van der Waals surface area contributed by atoms with Gasteiger partial charge >= 0.3 is 12.4 Å². The van der Waals surface area contributed by atoms with Crippen LogP contribution in [0.25, 0.3) is 33.3 Å². The average molecular weight is 609 g/mol. The Bertz CT molecular complexity index is 1930. The Morgan fingerprint density at radius 1 is 0.591 bits per heavy atom. The van der Waals surface area contributed by atoms with Crippen LogP contribution in [0.2, 0.25) is 0 Å². The topological polar surface area (TPSA) is 52.1 Å². The minimum absolute atomic E-state index is 0.0706. The maximum atomic E-state index is 14.3. The summed E-state index contributed by atoms with van der Waals surface area (Å²) in [5, 5.41) is 0. The molecule has 0 atom stereocenters. The second kappa shape index (κ2) is 10.2. The summed E-state index contributed by atoms with van der Waals surface area (Å²) in [6.45, 7) is 6.06. The van der Waals surface area contributed by atoms with Gasteiger partial charge in [0.15, 0.2) is 17.1 Å². The van der Waals surface area contributed by atoms with Gasteiger partial charge in [0.05, 0.1) is 0 Å². The zero-order chi connectivity index (χ0) is 31.5. The largest absolute Gasteiger partial charge is 0.440 e. The quantitative estimate of drug-likeness (QED) is 0.183. The Labute approximate surface area is 248 Å². The second-order valence-corrected chi connectivity index (χ2v) is 11.7. The smallest absolute Gasteiger partial charge is 0.411 e. The second-order valence-electron chi connectivity index (χ2n) is 11.7. The van der Waals surface area contributed by atoms with Crippen LogP contribution in [0.3, 0.4) is 0 Å². The number of nitrogens with zero attached hydrogens (tertiary/aromatic N) is 2. The van der Waals surface area contributed by atoms with E-state index in [1.165, 1.54) is 18.2 Å². The first-order valence-corrected chi connectivity index (χ1v) is 13.8. The molecule has 2 aromatic heterocycles. The van der Waals surface area contributed by atoms with Gasteiger partial charge in [0.25, 0.3) is 0 Å². The number of benzene rings is 4. The van der Waals surface area contributed by atoms with Crippen molar-refractivity contribution in [3.05, 3.63) is 119 Å². The highest BCUT2D eigenvalue weighted by Crippen LogP contribution is 2.56. The fourth-order valence-electron chi connectivity index (χ4n) is 5.38. The predicted octanol–water partition coefficient (Wildman–Crippen LogP) is 9.93. The molecule has 2 heterocycles. The molecule has 0 unspecified atom stereocenters. The standard InChI is InChI=1S/C34H26F6N2O2/c1-31(2,3)30-42-26-19-22(12-16-28(26)44-30)21-11-15-27-25(18-21)41-29(43-27)17-20-9-13-24(14-10-20)32(33(35,36)37,34(38,39)40)23-7-5-4-6-8-23/h4-16,18-19H,17H2,1-3H3. The number of aromatic nitrogens is 2. The zero-order valence-electron chi connectivity index (χ0n) is 23.8. The Kier molecular flexibility index (Phi) is 6.86. The van der Waals surface area contributed by atoms with Crippen molar-refractivity contribution in [1.82, 2.24) is 9.97 Å². The van der Waals surface area contributed by atoms with Gasteiger partial charge < -0.3 is 8.83 Å². The van der Waals surface area contributed by atoms with Gasteiger partial charge in [-0.2, -0.15) is 26.3 Å². The van der Waals surface area contributed by atoms with Crippen molar-refractivity contribution in [1.29, 1.82) is 0 Å². The highest BCUT2D eigenvalue weighted by Gasteiger charge is 2.72. The van der Waals surface area contributed by atoms with Gasteiger partial charge in [0.2, 0.25) is 11.3 Å². The normalized spacial score (nSPS) is 13.2. The molecule has 4 nitrogen and oxygen atoms in total. The van der Waals surface area contributed by atoms with Crippen molar-refractivity contribution in [3.8, 4) is 11.1 Å². The summed E-state index contributed by atoms with van der Waals surface area (Å²) in [6.07, 6.45) is -11.2. The summed E-state index contributed by atoms with van der Waals surface area (Å²) >= 11 is 0. The number of hydrogen-bond acceptors (Lipinski definition) is 4. The molecule has 0 bridgehead atoms. The number of fused-ring (bicyclic) bond motifs is 2. The van der Waals surface area contributed by atoms with Gasteiger partial charge in [0, 0.05) is 11.8 Å². The van der Waals surface area contributed by atoms with Crippen molar-refractivity contribution in [3.63, 3.8) is 0 Å². The lowest BCUT2D eigenvalue weighted by Gasteiger charge is -2.38. The molecule has 4 aromatic carbocycles. The summed E-state index contributed by atoms with van der Waals surface area (Å²) in [7, 11) is 0. The number of rotatable bonds is 5. The minimum Gasteiger partial charge on any atom is -0.440 e. The first-order valence-electron chi connectivity index (χ1n) is 13.8. The number of halogens is 6. The molecule has 0 saturated heterocycles. The molecule has 0 amide bonds. The zero-order valence-corrected chi connectivity index (χ0v) is 23.8. The number of oxazole rings is 2. The molecular weight excluding hydrogens is 582 g/mol. The van der Waals surface area contributed by atoms with Gasteiger partial charge in [-0.3, -0.25) is 0 Å². The summed E-state index contributed by atoms with van der Waals surface area (Å²) in [6, 6.07) is 20.8. The van der Waals surface area contributed by atoms with E-state index in [0.29, 0.717) is 28.1 Å². The van der Waals surface area contributed by atoms with Crippen LogP contribution < -0.4 is 0 Å². The Hall–Kier alpha value is -4.60. The van der Waals surface area contributed by atoms with Crippen molar-refractivity contribution in [2.75, 3.05) is 0 Å². The summed E-state index contributed by atoms with van der Waals surface area (Å²) < 4.78 is 97.7. The first kappa shape index (κ1) is 29.5. The van der Waals surface area contributed by atoms with Crippen molar-refractivity contribution in [2.24, 2.45) is 0 Å². The molecule has 0 spiro atoms. The number of hydrogen-bond donors (Lipinski definition) is 0. The maximum absolute atomic E-state index is 14.3. The monoisotopic (exact) mass is 608 g/mol. The SMILES string of the molecule is CC(C)(C)c1nc2cc(-c3ccc4oc(Cc5ccc(C(c6ccccc6)(C(F)(F)F)C(F)(F)F)cc5)nc4c3)ccc2o1. The molecule has 226 valence electrons. The van der Waals surface area contributed by atoms with E-state index in [1.807, 2.05) is 51.1 Å². The van der Waals surface area contributed by atoms with Crippen molar-refractivity contribution >= 4 is 22.2 Å². The van der Waals surface area contributed by atoms with E-state index in [2.05, 4.69) is 9.97 Å². The van der Waals surface area contributed by atoms with Gasteiger partial charge in [-0.25, -0.2) is 9.97 Å². The van der Waals surface area contributed by atoms with Crippen LogP contribution in [0.5, 0.6) is 0 Å². The van der Waals surface area contributed by atoms with Crippen molar-refractivity contribution < 1.29 is 35.2 Å². The van der Waals surface area contributed by atoms with E-state index in [0.717, 1.165) is 53.0 Å². The molecule has 6 aromatic rings. The Morgan fingerprint density at radius 2 is 1.11 bits per heavy atom. The molecular formula is C34H26F6N2O2. The van der Waals surface area contributed by atoms with Crippen LogP contribution in [0.15, 0.2) is 99.8 Å². The van der Waals surface area contributed by atoms with Gasteiger partial charge in [-0.1, -0.05) is 87.5 Å².